The molecule has 3 aromatic rings. The van der Waals surface area contributed by atoms with E-state index in [4.69, 9.17) is 4.74 Å². The summed E-state index contributed by atoms with van der Waals surface area (Å²) >= 11 is 0. The number of hydrogen-bond donors (Lipinski definition) is 0. The highest BCUT2D eigenvalue weighted by molar-refractivity contribution is 5.58. The molecule has 0 atom stereocenters. The highest BCUT2D eigenvalue weighted by atomic mass is 16.5. The fraction of sp³-hybridized carbons (Fsp3) is 0.400. The molecular weight excluding hydrogens is 418 g/mol. The fourth-order valence-electron chi connectivity index (χ4n) is 4.33. The lowest BCUT2D eigenvalue weighted by Gasteiger charge is -2.36. The average molecular weight is 450 g/mol. The van der Waals surface area contributed by atoms with Gasteiger partial charge in [0.2, 0.25) is 0 Å². The van der Waals surface area contributed by atoms with Gasteiger partial charge in [-0.3, -0.25) is 23.8 Å². The van der Waals surface area contributed by atoms with Crippen LogP contribution in [-0.2, 0) is 13.1 Å². The average Bonchev–Trinajstić information content (AvgIpc) is 2.85. The number of aromatic nitrogens is 3. The van der Waals surface area contributed by atoms with Crippen molar-refractivity contribution >= 4 is 5.69 Å². The molecule has 1 aromatic carbocycles. The first-order valence-corrected chi connectivity index (χ1v) is 11.4. The third-order valence-corrected chi connectivity index (χ3v) is 6.12. The Hall–Kier alpha value is -3.39. The summed E-state index contributed by atoms with van der Waals surface area (Å²) in [6, 6.07) is 13.7. The van der Waals surface area contributed by atoms with E-state index in [1.807, 2.05) is 36.4 Å². The van der Waals surface area contributed by atoms with E-state index in [1.165, 1.54) is 4.57 Å². The smallest absolute Gasteiger partial charge is 0.331 e. The summed E-state index contributed by atoms with van der Waals surface area (Å²) in [5, 5.41) is 0. The van der Waals surface area contributed by atoms with Gasteiger partial charge >= 0.3 is 5.69 Å². The van der Waals surface area contributed by atoms with Gasteiger partial charge in [-0.2, -0.15) is 0 Å². The Bertz CT molecular complexity index is 1180. The zero-order chi connectivity index (χ0) is 23.2. The number of piperazine rings is 1. The molecule has 1 saturated heterocycles. The summed E-state index contributed by atoms with van der Waals surface area (Å²) in [7, 11) is 1.70. The minimum atomic E-state index is -0.280. The van der Waals surface area contributed by atoms with Gasteiger partial charge in [-0.1, -0.05) is 18.2 Å². The first kappa shape index (κ1) is 22.8. The summed E-state index contributed by atoms with van der Waals surface area (Å²) in [5.74, 6) is 0.895. The van der Waals surface area contributed by atoms with E-state index in [0.717, 1.165) is 56.3 Å². The normalized spacial score (nSPS) is 14.4. The molecule has 0 radical (unpaired) electrons. The second kappa shape index (κ2) is 10.5. The molecule has 0 unspecified atom stereocenters. The molecule has 2 aromatic heterocycles. The van der Waals surface area contributed by atoms with E-state index in [-0.39, 0.29) is 11.2 Å². The largest absolute Gasteiger partial charge is 0.495 e. The number of pyridine rings is 1. The van der Waals surface area contributed by atoms with Crippen LogP contribution in [0.3, 0.4) is 0 Å². The highest BCUT2D eigenvalue weighted by Gasteiger charge is 2.19. The Kier molecular flexibility index (Phi) is 7.24. The molecule has 0 amide bonds. The van der Waals surface area contributed by atoms with Crippen LogP contribution >= 0.6 is 0 Å². The molecule has 0 bridgehead atoms. The van der Waals surface area contributed by atoms with Crippen LogP contribution in [0.15, 0.2) is 64.4 Å². The second-order valence-electron chi connectivity index (χ2n) is 8.35. The van der Waals surface area contributed by atoms with Crippen molar-refractivity contribution in [1.29, 1.82) is 0 Å². The number of anilines is 1. The van der Waals surface area contributed by atoms with Gasteiger partial charge in [-0.05, 0) is 44.2 Å². The molecule has 0 saturated carbocycles. The molecule has 0 aliphatic carbocycles. The van der Waals surface area contributed by atoms with Crippen molar-refractivity contribution in [2.45, 2.75) is 26.4 Å². The first-order valence-electron chi connectivity index (χ1n) is 11.4. The quantitative estimate of drug-likeness (QED) is 0.524. The number of hydrogen-bond acceptors (Lipinski definition) is 6. The zero-order valence-electron chi connectivity index (χ0n) is 19.3. The predicted octanol–water partition coefficient (Wildman–Crippen LogP) is 1.98. The van der Waals surface area contributed by atoms with Crippen molar-refractivity contribution in [3.8, 4) is 5.75 Å². The second-order valence-corrected chi connectivity index (χ2v) is 8.35. The number of aryl methyl sites for hydroxylation is 1. The Morgan fingerprint density at radius 3 is 2.45 bits per heavy atom. The lowest BCUT2D eigenvalue weighted by atomic mass is 10.2. The molecule has 8 nitrogen and oxygen atoms in total. The van der Waals surface area contributed by atoms with Crippen molar-refractivity contribution in [1.82, 2.24) is 19.0 Å². The zero-order valence-corrected chi connectivity index (χ0v) is 19.3. The maximum absolute atomic E-state index is 13.0. The number of para-hydroxylation sites is 2. The number of methoxy groups -OCH3 is 1. The van der Waals surface area contributed by atoms with Crippen LogP contribution in [0.5, 0.6) is 5.75 Å². The van der Waals surface area contributed by atoms with Gasteiger partial charge in [0.15, 0.2) is 0 Å². The lowest BCUT2D eigenvalue weighted by molar-refractivity contribution is 0.248. The molecular formula is C25H31N5O3. The summed E-state index contributed by atoms with van der Waals surface area (Å²) < 4.78 is 8.43. The topological polar surface area (TPSA) is 72.6 Å². The van der Waals surface area contributed by atoms with E-state index >= 15 is 0 Å². The Morgan fingerprint density at radius 2 is 1.73 bits per heavy atom. The summed E-state index contributed by atoms with van der Waals surface area (Å²) in [6.07, 6.45) is 4.08. The van der Waals surface area contributed by atoms with Gasteiger partial charge in [0.25, 0.3) is 5.56 Å². The van der Waals surface area contributed by atoms with E-state index in [2.05, 4.69) is 20.9 Å². The van der Waals surface area contributed by atoms with Gasteiger partial charge in [0.1, 0.15) is 5.75 Å². The molecule has 4 rings (SSSR count). The van der Waals surface area contributed by atoms with Crippen LogP contribution in [0, 0.1) is 6.92 Å². The minimum Gasteiger partial charge on any atom is -0.495 e. The van der Waals surface area contributed by atoms with Gasteiger partial charge < -0.3 is 9.64 Å². The van der Waals surface area contributed by atoms with E-state index in [0.29, 0.717) is 18.7 Å². The molecule has 33 heavy (non-hydrogen) atoms. The summed E-state index contributed by atoms with van der Waals surface area (Å²) in [6.45, 7) is 7.07. The van der Waals surface area contributed by atoms with Crippen LogP contribution in [0.2, 0.25) is 0 Å². The van der Waals surface area contributed by atoms with Crippen molar-refractivity contribution in [2.24, 2.45) is 0 Å². The van der Waals surface area contributed by atoms with Crippen LogP contribution in [0.25, 0.3) is 0 Å². The first-order chi connectivity index (χ1) is 16.1. The number of rotatable bonds is 8. The van der Waals surface area contributed by atoms with Gasteiger partial charge in [0, 0.05) is 50.7 Å². The van der Waals surface area contributed by atoms with Crippen molar-refractivity contribution in [2.75, 3.05) is 44.7 Å². The number of benzene rings is 1. The summed E-state index contributed by atoms with van der Waals surface area (Å²) in [5.41, 5.74) is 1.99. The van der Waals surface area contributed by atoms with Crippen molar-refractivity contribution < 1.29 is 4.74 Å². The van der Waals surface area contributed by atoms with Crippen LogP contribution in [0.4, 0.5) is 5.69 Å². The van der Waals surface area contributed by atoms with E-state index < -0.39 is 0 Å². The Morgan fingerprint density at radius 1 is 0.970 bits per heavy atom. The fourth-order valence-corrected chi connectivity index (χ4v) is 4.33. The van der Waals surface area contributed by atoms with Crippen LogP contribution in [-0.4, -0.2) is 58.9 Å². The third kappa shape index (κ3) is 5.34. The number of nitrogens with zero attached hydrogens (tertiary/aromatic N) is 5. The monoisotopic (exact) mass is 449 g/mol. The van der Waals surface area contributed by atoms with Gasteiger partial charge in [-0.25, -0.2) is 4.79 Å². The standard InChI is InChI=1S/C25H31N5O3/c1-20-18-29(19-21-8-5-6-11-26-21)25(32)30(24(20)31)13-7-12-27-14-16-28(17-15-27)22-9-3-4-10-23(22)33-2/h3-6,8-11,18H,7,12-17,19H2,1-2H3. The van der Waals surface area contributed by atoms with E-state index in [1.54, 1.807) is 31.0 Å². The van der Waals surface area contributed by atoms with Crippen LogP contribution in [0.1, 0.15) is 17.7 Å². The lowest BCUT2D eigenvalue weighted by Crippen LogP contribution is -2.47. The molecule has 174 valence electrons. The van der Waals surface area contributed by atoms with Crippen molar-refractivity contribution in [3.63, 3.8) is 0 Å². The SMILES string of the molecule is COc1ccccc1N1CCN(CCCn2c(=O)c(C)cn(Cc3ccccn3)c2=O)CC1. The maximum Gasteiger partial charge on any atom is 0.331 e. The van der Waals surface area contributed by atoms with Crippen LogP contribution < -0.4 is 20.9 Å². The molecule has 0 N–H and O–H groups in total. The molecule has 1 fully saturated rings. The maximum atomic E-state index is 13.0. The Balaban J connectivity index is 1.35. The minimum absolute atomic E-state index is 0.210. The molecule has 8 heteroatoms. The number of ether oxygens (including phenoxy) is 1. The Labute approximate surface area is 193 Å². The predicted molar refractivity (Wildman–Crippen MR) is 129 cm³/mol. The van der Waals surface area contributed by atoms with E-state index in [9.17, 15) is 9.59 Å². The highest BCUT2D eigenvalue weighted by Crippen LogP contribution is 2.28. The summed E-state index contributed by atoms with van der Waals surface area (Å²) in [4.78, 5) is 34.6. The van der Waals surface area contributed by atoms with Crippen molar-refractivity contribution in [3.05, 3.63) is 87.0 Å². The van der Waals surface area contributed by atoms with Gasteiger partial charge in [0.05, 0.1) is 25.0 Å². The molecule has 1 aliphatic rings. The molecule has 3 heterocycles. The molecule has 0 spiro atoms. The van der Waals surface area contributed by atoms with Gasteiger partial charge in [-0.15, -0.1) is 0 Å². The molecule has 1 aliphatic heterocycles. The third-order valence-electron chi connectivity index (χ3n) is 6.12.